The molecule has 0 rings (SSSR count). The Morgan fingerprint density at radius 2 is 2.62 bits per heavy atom. The molecule has 1 nitrogen and oxygen atoms in total. The summed E-state index contributed by atoms with van der Waals surface area (Å²) in [6.07, 6.45) is 0. The molecule has 0 aromatic rings. The lowest BCUT2D eigenvalue weighted by Crippen LogP contribution is -1.60. The zero-order valence-electron chi connectivity index (χ0n) is 4.52. The summed E-state index contributed by atoms with van der Waals surface area (Å²) in [5, 5.41) is 9.97. The number of halogens is 1. The number of thioether (sulfide) groups is 1. The Bertz CT molecular complexity index is 125. The van der Waals surface area contributed by atoms with Crippen LogP contribution in [0, 0.1) is 11.3 Å². The van der Waals surface area contributed by atoms with Gasteiger partial charge in [0.25, 0.3) is 0 Å². The number of nitriles is 1. The average Bonchev–Trinajstić information content (AvgIpc) is 1.83. The topological polar surface area (TPSA) is 23.8 Å². The summed E-state index contributed by atoms with van der Waals surface area (Å²) in [6, 6.07) is 1.96. The van der Waals surface area contributed by atoms with Crippen molar-refractivity contribution in [1.82, 2.24) is 0 Å². The van der Waals surface area contributed by atoms with E-state index in [1.807, 2.05) is 13.0 Å². The number of hydrogen-bond acceptors (Lipinski definition) is 2. The molecule has 0 radical (unpaired) electrons. The van der Waals surface area contributed by atoms with E-state index in [0.29, 0.717) is 4.48 Å². The number of rotatable bonds is 2. The number of nitrogens with zero attached hydrogens (tertiary/aromatic N) is 1. The molecule has 0 N–H and O–H groups in total. The molecule has 0 heterocycles. The molecule has 0 aliphatic rings. The Morgan fingerprint density at radius 1 is 2.00 bits per heavy atom. The van der Waals surface area contributed by atoms with Gasteiger partial charge in [0.05, 0.1) is 0 Å². The monoisotopic (exact) mass is 191 g/mol. The molecule has 44 valence electrons. The highest BCUT2D eigenvalue weighted by Crippen LogP contribution is 2.10. The van der Waals surface area contributed by atoms with Crippen LogP contribution >= 0.6 is 27.7 Å². The first-order valence-corrected chi connectivity index (χ1v) is 4.02. The summed E-state index contributed by atoms with van der Waals surface area (Å²) in [5.41, 5.74) is 0. The molecule has 0 aromatic heterocycles. The summed E-state index contributed by atoms with van der Waals surface area (Å²) in [5.74, 6) is 1.01. The SMILES string of the molecule is CCS/C=C(/Br)C#N. The molecule has 3 heteroatoms. The van der Waals surface area contributed by atoms with Crippen molar-refractivity contribution in [3.63, 3.8) is 0 Å². The van der Waals surface area contributed by atoms with Crippen molar-refractivity contribution in [3.05, 3.63) is 9.89 Å². The first-order chi connectivity index (χ1) is 3.81. The fraction of sp³-hybridized carbons (Fsp3) is 0.400. The minimum atomic E-state index is 0.601. The van der Waals surface area contributed by atoms with Gasteiger partial charge in [-0.3, -0.25) is 0 Å². The third-order valence-corrected chi connectivity index (χ3v) is 1.91. The van der Waals surface area contributed by atoms with E-state index in [1.54, 1.807) is 17.2 Å². The van der Waals surface area contributed by atoms with Crippen molar-refractivity contribution in [1.29, 1.82) is 5.26 Å². The fourth-order valence-electron chi connectivity index (χ4n) is 0.183. The molecule has 0 atom stereocenters. The van der Waals surface area contributed by atoms with Crippen LogP contribution in [0.3, 0.4) is 0 Å². The number of allylic oxidation sites excluding steroid dienone is 1. The normalized spacial score (nSPS) is 10.9. The minimum absolute atomic E-state index is 0.601. The predicted molar refractivity (Wildman–Crippen MR) is 40.8 cm³/mol. The van der Waals surface area contributed by atoms with Gasteiger partial charge in [0.2, 0.25) is 0 Å². The van der Waals surface area contributed by atoms with Crippen LogP contribution in [-0.4, -0.2) is 5.75 Å². The largest absolute Gasteiger partial charge is 0.192 e. The average molecular weight is 192 g/mol. The quantitative estimate of drug-likeness (QED) is 0.627. The second-order valence-electron chi connectivity index (χ2n) is 1.03. The standard InChI is InChI=1S/C5H6BrNS/c1-2-8-4-5(6)3-7/h4H,2H2,1H3/b5-4+. The van der Waals surface area contributed by atoms with Gasteiger partial charge >= 0.3 is 0 Å². The lowest BCUT2D eigenvalue weighted by atomic mass is 10.7. The van der Waals surface area contributed by atoms with E-state index in [-0.39, 0.29) is 0 Å². The lowest BCUT2D eigenvalue weighted by molar-refractivity contribution is 1.52. The van der Waals surface area contributed by atoms with Crippen molar-refractivity contribution in [2.75, 3.05) is 5.75 Å². The van der Waals surface area contributed by atoms with Gasteiger partial charge in [-0.05, 0) is 27.1 Å². The van der Waals surface area contributed by atoms with E-state index < -0.39 is 0 Å². The molecule has 0 aliphatic heterocycles. The summed E-state index contributed by atoms with van der Waals surface area (Å²) >= 11 is 4.67. The maximum Gasteiger partial charge on any atom is 0.107 e. The zero-order valence-corrected chi connectivity index (χ0v) is 6.92. The molecule has 0 aliphatic carbocycles. The van der Waals surface area contributed by atoms with E-state index in [9.17, 15) is 0 Å². The zero-order chi connectivity index (χ0) is 6.41. The van der Waals surface area contributed by atoms with Crippen LogP contribution in [0.5, 0.6) is 0 Å². The molecule has 0 aromatic carbocycles. The van der Waals surface area contributed by atoms with Crippen molar-refractivity contribution in [2.24, 2.45) is 0 Å². The second kappa shape index (κ2) is 5.20. The molecule has 0 saturated heterocycles. The van der Waals surface area contributed by atoms with E-state index in [2.05, 4.69) is 15.9 Å². The van der Waals surface area contributed by atoms with Crippen LogP contribution in [0.4, 0.5) is 0 Å². The van der Waals surface area contributed by atoms with Gasteiger partial charge in [-0.1, -0.05) is 6.92 Å². The molecule has 0 bridgehead atoms. The summed E-state index contributed by atoms with van der Waals surface area (Å²) in [6.45, 7) is 2.04. The fourth-order valence-corrected chi connectivity index (χ4v) is 0.945. The van der Waals surface area contributed by atoms with Crippen LogP contribution < -0.4 is 0 Å². The molecule has 0 spiro atoms. The summed E-state index contributed by atoms with van der Waals surface area (Å²) in [4.78, 5) is 0. The van der Waals surface area contributed by atoms with Crippen molar-refractivity contribution < 1.29 is 0 Å². The van der Waals surface area contributed by atoms with Crippen LogP contribution in [-0.2, 0) is 0 Å². The third kappa shape index (κ3) is 4.23. The number of hydrogen-bond donors (Lipinski definition) is 0. The van der Waals surface area contributed by atoms with E-state index in [1.165, 1.54) is 0 Å². The van der Waals surface area contributed by atoms with Gasteiger partial charge in [0.15, 0.2) is 0 Å². The predicted octanol–water partition coefficient (Wildman–Crippen LogP) is 2.50. The van der Waals surface area contributed by atoms with Crippen LogP contribution in [0.2, 0.25) is 0 Å². The Balaban J connectivity index is 3.46. The van der Waals surface area contributed by atoms with Gasteiger partial charge in [-0.25, -0.2) is 0 Å². The maximum absolute atomic E-state index is 8.18. The van der Waals surface area contributed by atoms with Gasteiger partial charge in [0, 0.05) is 0 Å². The third-order valence-electron chi connectivity index (χ3n) is 0.460. The van der Waals surface area contributed by atoms with Crippen molar-refractivity contribution >= 4 is 27.7 Å². The highest BCUT2D eigenvalue weighted by molar-refractivity contribution is 9.12. The van der Waals surface area contributed by atoms with Crippen molar-refractivity contribution in [3.8, 4) is 6.07 Å². The molecular formula is C5H6BrNS. The van der Waals surface area contributed by atoms with Gasteiger partial charge in [-0.15, -0.1) is 11.8 Å². The van der Waals surface area contributed by atoms with Gasteiger partial charge in [-0.2, -0.15) is 5.26 Å². The molecule has 8 heavy (non-hydrogen) atoms. The lowest BCUT2D eigenvalue weighted by Gasteiger charge is -1.81. The highest BCUT2D eigenvalue weighted by atomic mass is 79.9. The van der Waals surface area contributed by atoms with Gasteiger partial charge < -0.3 is 0 Å². The van der Waals surface area contributed by atoms with Crippen LogP contribution in [0.1, 0.15) is 6.92 Å². The minimum Gasteiger partial charge on any atom is -0.192 e. The Labute approximate surface area is 61.9 Å². The van der Waals surface area contributed by atoms with Crippen LogP contribution in [0.15, 0.2) is 9.89 Å². The van der Waals surface area contributed by atoms with Crippen LogP contribution in [0.25, 0.3) is 0 Å². The summed E-state index contributed by atoms with van der Waals surface area (Å²) < 4.78 is 0.601. The molecule has 0 unspecified atom stereocenters. The van der Waals surface area contributed by atoms with E-state index >= 15 is 0 Å². The Kier molecular flexibility index (Phi) is 5.24. The second-order valence-corrected chi connectivity index (χ2v) is 3.03. The van der Waals surface area contributed by atoms with Crippen molar-refractivity contribution in [2.45, 2.75) is 6.92 Å². The highest BCUT2D eigenvalue weighted by Gasteiger charge is 1.82. The molecule has 0 saturated carbocycles. The molecule has 0 amide bonds. The molecular weight excluding hydrogens is 186 g/mol. The maximum atomic E-state index is 8.18. The summed E-state index contributed by atoms with van der Waals surface area (Å²) in [7, 11) is 0. The van der Waals surface area contributed by atoms with Gasteiger partial charge in [0.1, 0.15) is 10.6 Å². The first-order valence-electron chi connectivity index (χ1n) is 2.18. The first kappa shape index (κ1) is 8.06. The molecule has 0 fully saturated rings. The smallest absolute Gasteiger partial charge is 0.107 e. The van der Waals surface area contributed by atoms with E-state index in [0.717, 1.165) is 5.75 Å². The Hall–Kier alpha value is 0.0600. The Morgan fingerprint density at radius 3 is 3.00 bits per heavy atom. The van der Waals surface area contributed by atoms with E-state index in [4.69, 9.17) is 5.26 Å².